The number of benzene rings is 2. The van der Waals surface area contributed by atoms with Crippen molar-refractivity contribution in [3.05, 3.63) is 59.4 Å². The molecule has 2 aromatic carbocycles. The molecule has 0 aliphatic heterocycles. The van der Waals surface area contributed by atoms with Crippen LogP contribution in [-0.2, 0) is 0 Å². The summed E-state index contributed by atoms with van der Waals surface area (Å²) in [5.74, 6) is -1.70. The van der Waals surface area contributed by atoms with Crippen LogP contribution in [0.4, 0.5) is 10.1 Å². The molecule has 138 valence electrons. The Morgan fingerprint density at radius 1 is 0.962 bits per heavy atom. The molecule has 2 aromatic rings. The maximum absolute atomic E-state index is 13.6. The summed E-state index contributed by atoms with van der Waals surface area (Å²) in [6.45, 7) is 5.86. The summed E-state index contributed by atoms with van der Waals surface area (Å²) in [5.41, 5.74) is 6.07. The zero-order valence-electron chi connectivity index (χ0n) is 15.0. The molecule has 0 unspecified atom stereocenters. The fourth-order valence-corrected chi connectivity index (χ4v) is 2.48. The molecule has 26 heavy (non-hydrogen) atoms. The second-order valence-electron chi connectivity index (χ2n) is 5.48. The number of rotatable bonds is 6. The van der Waals surface area contributed by atoms with E-state index in [0.29, 0.717) is 5.56 Å². The van der Waals surface area contributed by atoms with Crippen LogP contribution < -0.4 is 20.5 Å². The highest BCUT2D eigenvalue weighted by molar-refractivity contribution is 5.99. The van der Waals surface area contributed by atoms with Crippen LogP contribution in [0.25, 0.3) is 0 Å². The molecule has 2 rings (SSSR count). The first-order chi connectivity index (χ1) is 12.5. The maximum atomic E-state index is 13.6. The van der Waals surface area contributed by atoms with E-state index in [9.17, 15) is 14.0 Å². The summed E-state index contributed by atoms with van der Waals surface area (Å²) in [7, 11) is 1.34. The molecule has 6 nitrogen and oxygen atoms in total. The zero-order chi connectivity index (χ0) is 19.1. The van der Waals surface area contributed by atoms with Crippen molar-refractivity contribution in [2.45, 2.75) is 13.8 Å². The maximum Gasteiger partial charge on any atom is 0.269 e. The molecule has 0 saturated carbocycles. The van der Waals surface area contributed by atoms with Crippen LogP contribution in [0.15, 0.2) is 42.5 Å². The van der Waals surface area contributed by atoms with E-state index < -0.39 is 17.6 Å². The van der Waals surface area contributed by atoms with E-state index in [1.807, 2.05) is 12.1 Å². The largest absolute Gasteiger partial charge is 0.494 e. The number of halogens is 1. The van der Waals surface area contributed by atoms with Crippen molar-refractivity contribution in [1.82, 2.24) is 10.9 Å². The van der Waals surface area contributed by atoms with E-state index in [2.05, 4.69) is 29.6 Å². The van der Waals surface area contributed by atoms with Crippen molar-refractivity contribution < 1.29 is 18.7 Å². The lowest BCUT2D eigenvalue weighted by Crippen LogP contribution is -2.41. The molecular weight excluding hydrogens is 337 g/mol. The number of nitrogens with one attached hydrogen (secondary N) is 2. The van der Waals surface area contributed by atoms with Crippen molar-refractivity contribution >= 4 is 17.5 Å². The Balaban J connectivity index is 1.97. The molecule has 0 saturated heterocycles. The Kier molecular flexibility index (Phi) is 6.54. The summed E-state index contributed by atoms with van der Waals surface area (Å²) in [5, 5.41) is 0. The summed E-state index contributed by atoms with van der Waals surface area (Å²) < 4.78 is 18.4. The third-order valence-electron chi connectivity index (χ3n) is 3.96. The number of hydrogen-bond acceptors (Lipinski definition) is 4. The fourth-order valence-electron chi connectivity index (χ4n) is 2.48. The van der Waals surface area contributed by atoms with Gasteiger partial charge in [0, 0.05) is 29.9 Å². The van der Waals surface area contributed by atoms with Gasteiger partial charge in [-0.15, -0.1) is 0 Å². The van der Waals surface area contributed by atoms with Gasteiger partial charge >= 0.3 is 0 Å². The van der Waals surface area contributed by atoms with Gasteiger partial charge in [0.05, 0.1) is 7.11 Å². The van der Waals surface area contributed by atoms with Crippen LogP contribution in [0.5, 0.6) is 5.75 Å². The first kappa shape index (κ1) is 19.2. The molecule has 0 spiro atoms. The smallest absolute Gasteiger partial charge is 0.269 e. The fraction of sp³-hybridized carbons (Fsp3) is 0.263. The van der Waals surface area contributed by atoms with Crippen LogP contribution in [0.2, 0.25) is 0 Å². The molecule has 0 fully saturated rings. The lowest BCUT2D eigenvalue weighted by atomic mass is 10.2. The Hall–Kier alpha value is -3.09. The number of hydrazine groups is 1. The lowest BCUT2D eigenvalue weighted by molar-refractivity contribution is 0.0846. The van der Waals surface area contributed by atoms with Gasteiger partial charge in [-0.05, 0) is 56.3 Å². The number of ether oxygens (including phenoxy) is 1. The number of methoxy groups -OCH3 is 1. The summed E-state index contributed by atoms with van der Waals surface area (Å²) in [4.78, 5) is 26.3. The van der Waals surface area contributed by atoms with Crippen LogP contribution in [-0.4, -0.2) is 32.0 Å². The quantitative estimate of drug-likeness (QED) is 0.778. The highest BCUT2D eigenvalue weighted by atomic mass is 19.1. The SMILES string of the molecule is CCN(CC)c1ccc(C(=O)NNC(=O)c2ccc(OC)c(F)c2)cc1. The van der Waals surface area contributed by atoms with Crippen LogP contribution in [0, 0.1) is 5.82 Å². The summed E-state index contributed by atoms with van der Waals surface area (Å²) >= 11 is 0. The minimum absolute atomic E-state index is 0.0406. The van der Waals surface area contributed by atoms with Crippen LogP contribution in [0.3, 0.4) is 0 Å². The van der Waals surface area contributed by atoms with Crippen molar-refractivity contribution in [3.8, 4) is 5.75 Å². The van der Waals surface area contributed by atoms with E-state index in [0.717, 1.165) is 24.8 Å². The zero-order valence-corrected chi connectivity index (χ0v) is 15.0. The molecule has 0 aliphatic carbocycles. The number of carbonyl (C=O) groups excluding carboxylic acids is 2. The predicted molar refractivity (Wildman–Crippen MR) is 97.9 cm³/mol. The topological polar surface area (TPSA) is 70.7 Å². The third kappa shape index (κ3) is 4.50. The molecule has 0 bridgehead atoms. The Labute approximate surface area is 151 Å². The van der Waals surface area contributed by atoms with Gasteiger partial charge in [0.2, 0.25) is 0 Å². The molecule has 2 amide bonds. The number of carbonyl (C=O) groups is 2. The van der Waals surface area contributed by atoms with E-state index in [1.165, 1.54) is 19.2 Å². The second kappa shape index (κ2) is 8.84. The number of amides is 2. The monoisotopic (exact) mass is 359 g/mol. The van der Waals surface area contributed by atoms with Crippen molar-refractivity contribution in [2.24, 2.45) is 0 Å². The normalized spacial score (nSPS) is 10.2. The van der Waals surface area contributed by atoms with Crippen molar-refractivity contribution in [2.75, 3.05) is 25.1 Å². The summed E-state index contributed by atoms with van der Waals surface area (Å²) in [6, 6.07) is 10.9. The van der Waals surface area contributed by atoms with Gasteiger partial charge in [-0.1, -0.05) is 0 Å². The molecular formula is C19H22FN3O3. The minimum Gasteiger partial charge on any atom is -0.494 e. The second-order valence-corrected chi connectivity index (χ2v) is 5.48. The Bertz CT molecular complexity index is 774. The van der Waals surface area contributed by atoms with E-state index >= 15 is 0 Å². The Morgan fingerprint density at radius 2 is 1.50 bits per heavy atom. The standard InChI is InChI=1S/C19H22FN3O3/c1-4-23(5-2)15-9-6-13(7-10-15)18(24)21-22-19(25)14-8-11-17(26-3)16(20)12-14/h6-12H,4-5H2,1-3H3,(H,21,24)(H,22,25). The van der Waals surface area contributed by atoms with Crippen LogP contribution in [0.1, 0.15) is 34.6 Å². The Morgan fingerprint density at radius 3 is 2.00 bits per heavy atom. The van der Waals surface area contributed by atoms with Gasteiger partial charge < -0.3 is 9.64 Å². The average Bonchev–Trinajstić information content (AvgIpc) is 2.67. The lowest BCUT2D eigenvalue weighted by Gasteiger charge is -2.21. The van der Waals surface area contributed by atoms with Gasteiger partial charge in [-0.25, -0.2) is 4.39 Å². The van der Waals surface area contributed by atoms with Gasteiger partial charge in [-0.3, -0.25) is 20.4 Å². The summed E-state index contributed by atoms with van der Waals surface area (Å²) in [6.07, 6.45) is 0. The number of hydrogen-bond donors (Lipinski definition) is 2. The van der Waals surface area contributed by atoms with Gasteiger partial charge in [0.25, 0.3) is 11.8 Å². The number of nitrogens with zero attached hydrogens (tertiary/aromatic N) is 1. The first-order valence-corrected chi connectivity index (χ1v) is 8.29. The van der Waals surface area contributed by atoms with Gasteiger partial charge in [0.15, 0.2) is 11.6 Å². The van der Waals surface area contributed by atoms with Gasteiger partial charge in [-0.2, -0.15) is 0 Å². The molecule has 0 aliphatic rings. The average molecular weight is 359 g/mol. The molecule has 0 radical (unpaired) electrons. The molecule has 2 N–H and O–H groups in total. The van der Waals surface area contributed by atoms with Crippen molar-refractivity contribution in [1.29, 1.82) is 0 Å². The first-order valence-electron chi connectivity index (χ1n) is 8.29. The molecule has 7 heteroatoms. The molecule has 0 aromatic heterocycles. The highest BCUT2D eigenvalue weighted by Crippen LogP contribution is 2.17. The minimum atomic E-state index is -0.654. The van der Waals surface area contributed by atoms with E-state index in [4.69, 9.17) is 4.74 Å². The molecule has 0 heterocycles. The predicted octanol–water partition coefficient (Wildman–Crippen LogP) is 2.76. The van der Waals surface area contributed by atoms with Crippen molar-refractivity contribution in [3.63, 3.8) is 0 Å². The van der Waals surface area contributed by atoms with Crippen LogP contribution >= 0.6 is 0 Å². The molecule has 0 atom stereocenters. The highest BCUT2D eigenvalue weighted by Gasteiger charge is 2.12. The third-order valence-corrected chi connectivity index (χ3v) is 3.96. The van der Waals surface area contributed by atoms with E-state index in [1.54, 1.807) is 12.1 Å². The van der Waals surface area contributed by atoms with E-state index in [-0.39, 0.29) is 11.3 Å². The number of anilines is 1. The van der Waals surface area contributed by atoms with Gasteiger partial charge in [0.1, 0.15) is 0 Å².